The van der Waals surface area contributed by atoms with E-state index in [4.69, 9.17) is 11.6 Å². The van der Waals surface area contributed by atoms with E-state index in [1.165, 1.54) is 17.7 Å². The molecule has 1 aliphatic rings. The molecule has 1 fully saturated rings. The summed E-state index contributed by atoms with van der Waals surface area (Å²) in [5.74, 6) is -0.520. The van der Waals surface area contributed by atoms with Crippen LogP contribution in [0.25, 0.3) is 0 Å². The largest absolute Gasteiger partial charge is 0.298 e. The monoisotopic (exact) mass is 524 g/mol. The lowest BCUT2D eigenvalue weighted by atomic mass is 10.1. The third-order valence-electron chi connectivity index (χ3n) is 6.08. The maximum atomic E-state index is 13.5. The van der Waals surface area contributed by atoms with E-state index in [9.17, 15) is 13.2 Å². The lowest BCUT2D eigenvalue weighted by Crippen LogP contribution is -2.40. The number of nitrogens with zero attached hydrogens (tertiary/aromatic N) is 3. The Morgan fingerprint density at radius 3 is 2.31 bits per heavy atom. The molecular formula is C27H29ClN4O3S. The number of anilines is 1. The topological polar surface area (TPSA) is 82.1 Å². The minimum absolute atomic E-state index is 0.0919. The summed E-state index contributed by atoms with van der Waals surface area (Å²) >= 11 is 6.17. The van der Waals surface area contributed by atoms with Crippen molar-refractivity contribution in [1.82, 2.24) is 10.3 Å². The summed E-state index contributed by atoms with van der Waals surface area (Å²) in [6.45, 7) is 3.93. The quantitative estimate of drug-likeness (QED) is 0.436. The predicted octanol–water partition coefficient (Wildman–Crippen LogP) is 4.61. The first kappa shape index (κ1) is 25.9. The van der Waals surface area contributed by atoms with Crippen molar-refractivity contribution in [2.24, 2.45) is 5.10 Å². The molecular weight excluding hydrogens is 496 g/mol. The number of carbonyl (C=O) groups is 1. The number of hydrogen-bond donors (Lipinski definition) is 1. The van der Waals surface area contributed by atoms with Crippen molar-refractivity contribution in [2.45, 2.75) is 31.2 Å². The van der Waals surface area contributed by atoms with Gasteiger partial charge in [0.25, 0.3) is 15.9 Å². The summed E-state index contributed by atoms with van der Waals surface area (Å²) in [6.07, 6.45) is 1.49. The van der Waals surface area contributed by atoms with E-state index in [0.717, 1.165) is 42.5 Å². The second-order valence-corrected chi connectivity index (χ2v) is 11.0. The van der Waals surface area contributed by atoms with Gasteiger partial charge in [0, 0.05) is 43.2 Å². The number of hydrogen-bond acceptors (Lipinski definition) is 5. The zero-order valence-corrected chi connectivity index (χ0v) is 21.7. The van der Waals surface area contributed by atoms with Gasteiger partial charge in [0.2, 0.25) is 0 Å². The van der Waals surface area contributed by atoms with E-state index in [1.807, 2.05) is 18.2 Å². The van der Waals surface area contributed by atoms with Crippen LogP contribution in [0.5, 0.6) is 0 Å². The van der Waals surface area contributed by atoms with Gasteiger partial charge >= 0.3 is 0 Å². The van der Waals surface area contributed by atoms with Crippen LogP contribution in [0.2, 0.25) is 5.02 Å². The molecule has 3 aromatic rings. The van der Waals surface area contributed by atoms with Gasteiger partial charge in [0.1, 0.15) is 6.54 Å². The van der Waals surface area contributed by atoms with Crippen LogP contribution < -0.4 is 9.73 Å². The van der Waals surface area contributed by atoms with Crippen LogP contribution in [-0.2, 0) is 21.4 Å². The van der Waals surface area contributed by atoms with Gasteiger partial charge in [-0.05, 0) is 42.3 Å². The van der Waals surface area contributed by atoms with E-state index in [0.29, 0.717) is 16.3 Å². The third kappa shape index (κ3) is 6.51. The molecule has 0 aromatic heterocycles. The smallest absolute Gasteiger partial charge is 0.264 e. The molecule has 1 amide bonds. The fourth-order valence-electron chi connectivity index (χ4n) is 4.10. The van der Waals surface area contributed by atoms with Crippen molar-refractivity contribution in [3.63, 3.8) is 0 Å². The number of benzene rings is 3. The zero-order valence-electron chi connectivity index (χ0n) is 20.1. The number of rotatable bonds is 8. The Hall–Kier alpha value is -3.20. The van der Waals surface area contributed by atoms with Gasteiger partial charge < -0.3 is 0 Å². The highest BCUT2D eigenvalue weighted by atomic mass is 35.5. The van der Waals surface area contributed by atoms with Crippen molar-refractivity contribution in [2.75, 3.05) is 23.9 Å². The van der Waals surface area contributed by atoms with Gasteiger partial charge in [-0.25, -0.2) is 13.8 Å². The van der Waals surface area contributed by atoms with Gasteiger partial charge in [-0.2, -0.15) is 5.10 Å². The fourth-order valence-corrected chi connectivity index (χ4v) is 5.77. The summed E-state index contributed by atoms with van der Waals surface area (Å²) < 4.78 is 28.1. The Kier molecular flexibility index (Phi) is 8.40. The van der Waals surface area contributed by atoms with E-state index < -0.39 is 22.5 Å². The number of carbonyl (C=O) groups excluding carboxylic acids is 1. The Balaban J connectivity index is 1.44. The average Bonchev–Trinajstić information content (AvgIpc) is 2.89. The first-order chi connectivity index (χ1) is 17.3. The Bertz CT molecular complexity index is 1320. The standard InChI is InChI=1S/C27H29ClN4O3S/c1-21-12-13-23(28)18-26(21)32(36(34,35)25-10-6-3-7-11-25)20-27(33)30-29-24-14-16-31(17-15-24)19-22-8-4-2-5-9-22/h2-13,18H,14-17,19-20H2,1H3,(H,30,33). The molecule has 188 valence electrons. The number of piperidine rings is 1. The lowest BCUT2D eigenvalue weighted by molar-refractivity contribution is -0.119. The van der Waals surface area contributed by atoms with E-state index in [1.54, 1.807) is 43.3 Å². The second kappa shape index (κ2) is 11.7. The van der Waals surface area contributed by atoms with Crippen LogP contribution in [0, 0.1) is 6.92 Å². The molecule has 4 rings (SSSR count). The number of sulfonamides is 1. The number of nitrogens with one attached hydrogen (secondary N) is 1. The number of halogens is 1. The maximum Gasteiger partial charge on any atom is 0.264 e. The van der Waals surface area contributed by atoms with Gasteiger partial charge in [0.15, 0.2) is 0 Å². The molecule has 1 saturated heterocycles. The molecule has 3 aromatic carbocycles. The molecule has 7 nitrogen and oxygen atoms in total. The molecule has 0 aliphatic carbocycles. The van der Waals surface area contributed by atoms with Gasteiger partial charge in [-0.1, -0.05) is 66.2 Å². The molecule has 1 aliphatic heterocycles. The number of aryl methyl sites for hydroxylation is 1. The van der Waals surface area contributed by atoms with Crippen LogP contribution in [0.3, 0.4) is 0 Å². The van der Waals surface area contributed by atoms with Crippen molar-refractivity contribution in [3.8, 4) is 0 Å². The summed E-state index contributed by atoms with van der Waals surface area (Å²) in [7, 11) is -4.01. The van der Waals surface area contributed by atoms with Crippen molar-refractivity contribution >= 4 is 38.9 Å². The number of hydrazone groups is 1. The van der Waals surface area contributed by atoms with Crippen molar-refractivity contribution < 1.29 is 13.2 Å². The molecule has 0 unspecified atom stereocenters. The maximum absolute atomic E-state index is 13.5. The summed E-state index contributed by atoms with van der Waals surface area (Å²) in [5, 5.41) is 4.69. The normalized spacial score (nSPS) is 14.3. The molecule has 0 radical (unpaired) electrons. The SMILES string of the molecule is Cc1ccc(Cl)cc1N(CC(=O)NN=C1CCN(Cc2ccccc2)CC1)S(=O)(=O)c1ccccc1. The molecule has 0 bridgehead atoms. The predicted molar refractivity (Wildman–Crippen MR) is 144 cm³/mol. The minimum Gasteiger partial charge on any atom is -0.298 e. The van der Waals surface area contributed by atoms with E-state index in [2.05, 4.69) is 27.6 Å². The summed E-state index contributed by atoms with van der Waals surface area (Å²) in [6, 6.07) is 23.3. The van der Waals surface area contributed by atoms with Crippen LogP contribution in [0.1, 0.15) is 24.0 Å². The minimum atomic E-state index is -4.01. The average molecular weight is 525 g/mol. The molecule has 0 saturated carbocycles. The first-order valence-corrected chi connectivity index (χ1v) is 13.6. The van der Waals surface area contributed by atoms with Crippen molar-refractivity contribution in [1.29, 1.82) is 0 Å². The highest BCUT2D eigenvalue weighted by molar-refractivity contribution is 7.92. The van der Waals surface area contributed by atoms with E-state index >= 15 is 0 Å². The highest BCUT2D eigenvalue weighted by Gasteiger charge is 2.28. The molecule has 0 spiro atoms. The summed E-state index contributed by atoms with van der Waals surface area (Å²) in [4.78, 5) is 15.3. The second-order valence-electron chi connectivity index (χ2n) is 8.73. The van der Waals surface area contributed by atoms with E-state index in [-0.39, 0.29) is 4.90 Å². The molecule has 0 atom stereocenters. The molecule has 1 N–H and O–H groups in total. The lowest BCUT2D eigenvalue weighted by Gasteiger charge is -2.27. The number of likely N-dealkylation sites (tertiary alicyclic amines) is 1. The van der Waals surface area contributed by atoms with Gasteiger partial charge in [-0.15, -0.1) is 0 Å². The zero-order chi connectivity index (χ0) is 25.5. The Labute approximate surface area is 217 Å². The Morgan fingerprint density at radius 1 is 1.00 bits per heavy atom. The summed E-state index contributed by atoms with van der Waals surface area (Å²) in [5.41, 5.74) is 5.76. The Morgan fingerprint density at radius 2 is 1.64 bits per heavy atom. The molecule has 36 heavy (non-hydrogen) atoms. The molecule has 9 heteroatoms. The van der Waals surface area contributed by atoms with Crippen LogP contribution in [0.4, 0.5) is 5.69 Å². The third-order valence-corrected chi connectivity index (χ3v) is 8.09. The first-order valence-electron chi connectivity index (χ1n) is 11.8. The van der Waals surface area contributed by atoms with Crippen molar-refractivity contribution in [3.05, 3.63) is 95.0 Å². The van der Waals surface area contributed by atoms with Crippen LogP contribution >= 0.6 is 11.6 Å². The van der Waals surface area contributed by atoms with Crippen LogP contribution in [-0.4, -0.2) is 44.6 Å². The number of amides is 1. The highest BCUT2D eigenvalue weighted by Crippen LogP contribution is 2.29. The van der Waals surface area contributed by atoms with Gasteiger partial charge in [0.05, 0.1) is 10.6 Å². The van der Waals surface area contributed by atoms with Crippen LogP contribution in [0.15, 0.2) is 88.9 Å². The molecule has 1 heterocycles. The van der Waals surface area contributed by atoms with Gasteiger partial charge in [-0.3, -0.25) is 14.0 Å². The fraction of sp³-hybridized carbons (Fsp3) is 0.259.